The number of ether oxygens (including phenoxy) is 2. The number of carbonyl (C=O) groups is 2. The molecular formula is C23H28ClNO4. The van der Waals surface area contributed by atoms with Gasteiger partial charge in [0, 0.05) is 23.6 Å². The lowest BCUT2D eigenvalue weighted by Crippen LogP contribution is -2.20. The minimum absolute atomic E-state index is 0.226. The first-order valence-corrected chi connectivity index (χ1v) is 10.1. The van der Waals surface area contributed by atoms with Crippen LogP contribution in [0.3, 0.4) is 0 Å². The van der Waals surface area contributed by atoms with E-state index in [0.29, 0.717) is 24.6 Å². The summed E-state index contributed by atoms with van der Waals surface area (Å²) in [5.74, 6) is 0.515. The standard InChI is InChI=1S/C23H28ClNO4/c1-25(12-4-3-5-13-26)16-20-14-19(15-23(27)28-2)8-11-22(20)29-17-18-6-9-21(24)10-7-18/h6-11,13-14H,3-5,12,15-17H2,1-2H3. The minimum atomic E-state index is -0.270. The van der Waals surface area contributed by atoms with Crippen LogP contribution < -0.4 is 4.74 Å². The van der Waals surface area contributed by atoms with Crippen LogP contribution in [0.2, 0.25) is 5.02 Å². The Morgan fingerprint density at radius 1 is 1.10 bits per heavy atom. The fourth-order valence-electron chi connectivity index (χ4n) is 2.97. The molecule has 0 aliphatic heterocycles. The topological polar surface area (TPSA) is 55.8 Å². The number of esters is 1. The van der Waals surface area contributed by atoms with Gasteiger partial charge < -0.3 is 19.2 Å². The first-order chi connectivity index (χ1) is 14.0. The summed E-state index contributed by atoms with van der Waals surface area (Å²) >= 11 is 5.94. The molecule has 29 heavy (non-hydrogen) atoms. The van der Waals surface area contributed by atoms with E-state index in [1.807, 2.05) is 49.5 Å². The van der Waals surface area contributed by atoms with Crippen LogP contribution in [0.5, 0.6) is 5.75 Å². The van der Waals surface area contributed by atoms with Crippen molar-refractivity contribution in [2.24, 2.45) is 0 Å². The first kappa shape index (κ1) is 22.9. The highest BCUT2D eigenvalue weighted by molar-refractivity contribution is 6.30. The molecule has 0 spiro atoms. The fraction of sp³-hybridized carbons (Fsp3) is 0.391. The maximum Gasteiger partial charge on any atom is 0.309 e. The zero-order valence-corrected chi connectivity index (χ0v) is 17.8. The second kappa shape index (κ2) is 12.2. The molecule has 0 N–H and O–H groups in total. The molecule has 0 saturated carbocycles. The van der Waals surface area contributed by atoms with Gasteiger partial charge in [-0.1, -0.05) is 35.9 Å². The molecule has 0 saturated heterocycles. The molecule has 0 aliphatic rings. The predicted octanol–water partition coefficient (Wildman–Crippen LogP) is 4.44. The van der Waals surface area contributed by atoms with E-state index in [0.717, 1.165) is 48.1 Å². The van der Waals surface area contributed by atoms with E-state index in [1.54, 1.807) is 0 Å². The summed E-state index contributed by atoms with van der Waals surface area (Å²) in [5.41, 5.74) is 2.93. The van der Waals surface area contributed by atoms with Gasteiger partial charge in [0.15, 0.2) is 0 Å². The molecule has 0 aromatic heterocycles. The van der Waals surface area contributed by atoms with Crippen molar-refractivity contribution < 1.29 is 19.1 Å². The Morgan fingerprint density at radius 3 is 2.52 bits per heavy atom. The maximum atomic E-state index is 11.6. The molecule has 0 radical (unpaired) electrons. The van der Waals surface area contributed by atoms with E-state index in [1.165, 1.54) is 7.11 Å². The monoisotopic (exact) mass is 417 g/mol. The van der Waals surface area contributed by atoms with Crippen molar-refractivity contribution in [2.45, 2.75) is 38.8 Å². The van der Waals surface area contributed by atoms with E-state index < -0.39 is 0 Å². The number of nitrogens with zero attached hydrogens (tertiary/aromatic N) is 1. The molecule has 0 heterocycles. The normalized spacial score (nSPS) is 10.8. The van der Waals surface area contributed by atoms with Crippen molar-refractivity contribution in [2.75, 3.05) is 20.7 Å². The van der Waals surface area contributed by atoms with Gasteiger partial charge >= 0.3 is 5.97 Å². The summed E-state index contributed by atoms with van der Waals surface area (Å²) in [6.45, 7) is 2.00. The molecule has 0 fully saturated rings. The van der Waals surface area contributed by atoms with E-state index in [2.05, 4.69) is 4.90 Å². The van der Waals surface area contributed by atoms with Gasteiger partial charge in [-0.05, 0) is 55.8 Å². The van der Waals surface area contributed by atoms with Crippen LogP contribution in [-0.4, -0.2) is 37.9 Å². The summed E-state index contributed by atoms with van der Waals surface area (Å²) in [6.07, 6.45) is 3.62. The third kappa shape index (κ3) is 8.26. The molecule has 0 amide bonds. The van der Waals surface area contributed by atoms with Gasteiger partial charge in [0.1, 0.15) is 18.6 Å². The Hall–Kier alpha value is -2.37. The van der Waals surface area contributed by atoms with Gasteiger partial charge in [0.2, 0.25) is 0 Å². The molecule has 0 bridgehead atoms. The number of aldehydes is 1. The summed E-state index contributed by atoms with van der Waals surface area (Å²) in [5, 5.41) is 0.692. The molecule has 0 aliphatic carbocycles. The number of hydrogen-bond acceptors (Lipinski definition) is 5. The summed E-state index contributed by atoms with van der Waals surface area (Å²) < 4.78 is 10.8. The SMILES string of the molecule is COC(=O)Cc1ccc(OCc2ccc(Cl)cc2)c(CN(C)CCCCC=O)c1. The molecule has 0 atom stereocenters. The van der Waals surface area contributed by atoms with Crippen LogP contribution in [0.1, 0.15) is 36.0 Å². The van der Waals surface area contributed by atoms with E-state index in [9.17, 15) is 9.59 Å². The van der Waals surface area contributed by atoms with Gasteiger partial charge in [-0.2, -0.15) is 0 Å². The van der Waals surface area contributed by atoms with Gasteiger partial charge in [0.25, 0.3) is 0 Å². The lowest BCUT2D eigenvalue weighted by atomic mass is 10.1. The summed E-state index contributed by atoms with van der Waals surface area (Å²) in [6, 6.07) is 13.3. The molecule has 2 aromatic carbocycles. The van der Waals surface area contributed by atoms with Crippen molar-refractivity contribution >= 4 is 23.9 Å². The molecular weight excluding hydrogens is 390 g/mol. The van der Waals surface area contributed by atoms with E-state index >= 15 is 0 Å². The van der Waals surface area contributed by atoms with Gasteiger partial charge in [-0.3, -0.25) is 4.79 Å². The van der Waals surface area contributed by atoms with Crippen LogP contribution >= 0.6 is 11.6 Å². The second-order valence-electron chi connectivity index (χ2n) is 7.01. The minimum Gasteiger partial charge on any atom is -0.489 e. The van der Waals surface area contributed by atoms with Crippen molar-refractivity contribution in [3.05, 3.63) is 64.2 Å². The number of benzene rings is 2. The van der Waals surface area contributed by atoms with E-state index in [-0.39, 0.29) is 12.4 Å². The quantitative estimate of drug-likeness (QED) is 0.290. The van der Waals surface area contributed by atoms with Gasteiger partial charge in [-0.15, -0.1) is 0 Å². The van der Waals surface area contributed by atoms with Crippen LogP contribution in [0, 0.1) is 0 Å². The largest absolute Gasteiger partial charge is 0.489 e. The Bertz CT molecular complexity index is 792. The first-order valence-electron chi connectivity index (χ1n) is 9.70. The maximum absolute atomic E-state index is 11.6. The smallest absolute Gasteiger partial charge is 0.309 e. The number of methoxy groups -OCH3 is 1. The molecule has 156 valence electrons. The molecule has 6 heteroatoms. The third-order valence-corrected chi connectivity index (χ3v) is 4.81. The number of rotatable bonds is 12. The lowest BCUT2D eigenvalue weighted by molar-refractivity contribution is -0.139. The zero-order valence-electron chi connectivity index (χ0n) is 17.0. The third-order valence-electron chi connectivity index (χ3n) is 4.56. The van der Waals surface area contributed by atoms with Crippen LogP contribution in [0.4, 0.5) is 0 Å². The fourth-order valence-corrected chi connectivity index (χ4v) is 3.09. The highest BCUT2D eigenvalue weighted by atomic mass is 35.5. The number of halogens is 1. The zero-order chi connectivity index (χ0) is 21.1. The Kier molecular flexibility index (Phi) is 9.68. The number of hydrogen-bond donors (Lipinski definition) is 0. The van der Waals surface area contributed by atoms with E-state index in [4.69, 9.17) is 21.1 Å². The second-order valence-corrected chi connectivity index (χ2v) is 7.45. The predicted molar refractivity (Wildman–Crippen MR) is 114 cm³/mol. The Morgan fingerprint density at radius 2 is 1.83 bits per heavy atom. The van der Waals surface area contributed by atoms with Crippen LogP contribution in [0.25, 0.3) is 0 Å². The molecule has 0 unspecified atom stereocenters. The molecule has 5 nitrogen and oxygen atoms in total. The Labute approximate surface area is 177 Å². The van der Waals surface area contributed by atoms with Crippen molar-refractivity contribution in [3.63, 3.8) is 0 Å². The highest BCUT2D eigenvalue weighted by Crippen LogP contribution is 2.24. The van der Waals surface area contributed by atoms with Crippen LogP contribution in [-0.2, 0) is 33.9 Å². The lowest BCUT2D eigenvalue weighted by Gasteiger charge is -2.20. The van der Waals surface area contributed by atoms with Crippen LogP contribution in [0.15, 0.2) is 42.5 Å². The average molecular weight is 418 g/mol. The summed E-state index contributed by atoms with van der Waals surface area (Å²) in [4.78, 5) is 24.3. The van der Waals surface area contributed by atoms with Crippen molar-refractivity contribution in [1.82, 2.24) is 4.90 Å². The van der Waals surface area contributed by atoms with Gasteiger partial charge in [-0.25, -0.2) is 0 Å². The highest BCUT2D eigenvalue weighted by Gasteiger charge is 2.11. The summed E-state index contributed by atoms with van der Waals surface area (Å²) in [7, 11) is 3.43. The van der Waals surface area contributed by atoms with Crippen molar-refractivity contribution in [1.29, 1.82) is 0 Å². The number of carbonyl (C=O) groups excluding carboxylic acids is 2. The number of unbranched alkanes of at least 4 members (excludes halogenated alkanes) is 2. The Balaban J connectivity index is 2.09. The molecule has 2 rings (SSSR count). The molecule has 2 aromatic rings. The van der Waals surface area contributed by atoms with Crippen molar-refractivity contribution in [3.8, 4) is 5.75 Å². The van der Waals surface area contributed by atoms with Gasteiger partial charge in [0.05, 0.1) is 13.5 Å². The average Bonchev–Trinajstić information content (AvgIpc) is 2.72.